The maximum Gasteiger partial charge on any atom is 0.309 e. The molecule has 128 valence electrons. The van der Waals surface area contributed by atoms with E-state index in [0.29, 0.717) is 17.5 Å². The second-order valence-corrected chi connectivity index (χ2v) is 6.86. The molecule has 24 heavy (non-hydrogen) atoms. The van der Waals surface area contributed by atoms with Gasteiger partial charge in [-0.2, -0.15) is 0 Å². The zero-order valence-electron chi connectivity index (χ0n) is 13.6. The second kappa shape index (κ2) is 7.72. The third-order valence-electron chi connectivity index (χ3n) is 4.21. The van der Waals surface area contributed by atoms with Crippen molar-refractivity contribution in [3.05, 3.63) is 40.0 Å². The number of piperidine rings is 1. The maximum absolute atomic E-state index is 10.8. The third kappa shape index (κ3) is 4.30. The highest BCUT2D eigenvalue weighted by Crippen LogP contribution is 2.30. The lowest BCUT2D eigenvalue weighted by Gasteiger charge is -2.30. The molecule has 1 N–H and O–H groups in total. The van der Waals surface area contributed by atoms with Gasteiger partial charge >= 0.3 is 5.97 Å². The summed E-state index contributed by atoms with van der Waals surface area (Å²) in [5.74, 6) is 0.260. The molecule has 1 fully saturated rings. The molecule has 1 aliphatic heterocycles. The predicted molar refractivity (Wildman–Crippen MR) is 91.5 cm³/mol. The smallest absolute Gasteiger partial charge is 0.309 e. The fraction of sp³-hybridized carbons (Fsp3) is 0.471. The van der Waals surface area contributed by atoms with Crippen molar-refractivity contribution in [3.8, 4) is 5.88 Å². The van der Waals surface area contributed by atoms with Crippen LogP contribution in [-0.2, 0) is 17.8 Å². The minimum Gasteiger partial charge on any atom is -0.481 e. The van der Waals surface area contributed by atoms with Crippen LogP contribution in [-0.4, -0.2) is 46.1 Å². The highest BCUT2D eigenvalue weighted by Gasteiger charge is 2.23. The van der Waals surface area contributed by atoms with Gasteiger partial charge in [-0.3, -0.25) is 9.69 Å². The van der Waals surface area contributed by atoms with Gasteiger partial charge in [0.1, 0.15) is 0 Å². The molecule has 2 aromatic rings. The molecule has 0 atom stereocenters. The first-order valence-electron chi connectivity index (χ1n) is 8.02. The summed E-state index contributed by atoms with van der Waals surface area (Å²) in [7, 11) is 1.63. The molecule has 0 spiro atoms. The van der Waals surface area contributed by atoms with Crippen LogP contribution in [0.2, 0.25) is 0 Å². The standard InChI is InChI=1S/C17H21N3O3S/c1-23-15-4-2-3-13(18-15)10-20-7-5-12(6-8-20)17-19-14(11-24-17)9-16(21)22/h2-4,11-12H,5-10H2,1H3,(H,21,22). The molecule has 0 aliphatic carbocycles. The van der Waals surface area contributed by atoms with Gasteiger partial charge < -0.3 is 9.84 Å². The van der Waals surface area contributed by atoms with Crippen LogP contribution >= 0.6 is 11.3 Å². The van der Waals surface area contributed by atoms with E-state index >= 15 is 0 Å². The van der Waals surface area contributed by atoms with E-state index in [1.54, 1.807) is 18.4 Å². The van der Waals surface area contributed by atoms with Crippen molar-refractivity contribution in [2.75, 3.05) is 20.2 Å². The molecule has 1 saturated heterocycles. The van der Waals surface area contributed by atoms with Gasteiger partial charge in [-0.1, -0.05) is 6.07 Å². The predicted octanol–water partition coefficient (Wildman–Crippen LogP) is 2.55. The van der Waals surface area contributed by atoms with Crippen molar-refractivity contribution < 1.29 is 14.6 Å². The number of pyridine rings is 1. The van der Waals surface area contributed by atoms with E-state index < -0.39 is 5.97 Å². The average molecular weight is 347 g/mol. The minimum absolute atomic E-state index is 0.0108. The number of likely N-dealkylation sites (tertiary alicyclic amines) is 1. The largest absolute Gasteiger partial charge is 0.481 e. The topological polar surface area (TPSA) is 75.5 Å². The Morgan fingerprint density at radius 2 is 2.12 bits per heavy atom. The Bertz CT molecular complexity index is 696. The fourth-order valence-corrected chi connectivity index (χ4v) is 3.96. The Kier molecular flexibility index (Phi) is 5.42. The lowest BCUT2D eigenvalue weighted by molar-refractivity contribution is -0.136. The number of methoxy groups -OCH3 is 1. The number of carbonyl (C=O) groups is 1. The number of aliphatic carboxylic acids is 1. The monoisotopic (exact) mass is 347 g/mol. The third-order valence-corrected chi connectivity index (χ3v) is 5.27. The van der Waals surface area contributed by atoms with Crippen molar-refractivity contribution in [2.45, 2.75) is 31.7 Å². The van der Waals surface area contributed by atoms with Crippen molar-refractivity contribution in [1.29, 1.82) is 0 Å². The number of thiazole rings is 1. The van der Waals surface area contributed by atoms with Gasteiger partial charge in [0.05, 0.1) is 29.9 Å². The van der Waals surface area contributed by atoms with Crippen molar-refractivity contribution in [3.63, 3.8) is 0 Å². The number of rotatable bonds is 6. The van der Waals surface area contributed by atoms with Gasteiger partial charge in [-0.25, -0.2) is 9.97 Å². The minimum atomic E-state index is -0.826. The lowest BCUT2D eigenvalue weighted by atomic mass is 9.97. The number of aromatic nitrogens is 2. The van der Waals surface area contributed by atoms with E-state index in [0.717, 1.165) is 43.2 Å². The number of hydrogen-bond acceptors (Lipinski definition) is 6. The number of ether oxygens (including phenoxy) is 1. The summed E-state index contributed by atoms with van der Waals surface area (Å²) in [6, 6.07) is 5.84. The molecular weight excluding hydrogens is 326 g/mol. The summed E-state index contributed by atoms with van der Waals surface area (Å²) < 4.78 is 5.17. The molecule has 0 saturated carbocycles. The Morgan fingerprint density at radius 1 is 1.33 bits per heavy atom. The van der Waals surface area contributed by atoms with Crippen molar-refractivity contribution in [2.24, 2.45) is 0 Å². The number of carboxylic acid groups (broad SMARTS) is 1. The van der Waals surface area contributed by atoms with Crippen LogP contribution in [0, 0.1) is 0 Å². The van der Waals surface area contributed by atoms with Crippen LogP contribution in [0.3, 0.4) is 0 Å². The molecular formula is C17H21N3O3S. The molecule has 0 bridgehead atoms. The number of carboxylic acids is 1. The number of hydrogen-bond donors (Lipinski definition) is 1. The van der Waals surface area contributed by atoms with Crippen molar-refractivity contribution in [1.82, 2.24) is 14.9 Å². The first-order valence-corrected chi connectivity index (χ1v) is 8.90. The van der Waals surface area contributed by atoms with Gasteiger partial charge in [0.15, 0.2) is 0 Å². The fourth-order valence-electron chi connectivity index (χ4n) is 2.97. The normalized spacial score (nSPS) is 16.2. The summed E-state index contributed by atoms with van der Waals surface area (Å²) in [6.07, 6.45) is 2.10. The molecule has 7 heteroatoms. The van der Waals surface area contributed by atoms with Crippen LogP contribution in [0.15, 0.2) is 23.6 Å². The number of nitrogens with zero attached hydrogens (tertiary/aromatic N) is 3. The first-order chi connectivity index (χ1) is 11.6. The highest BCUT2D eigenvalue weighted by molar-refractivity contribution is 7.09. The second-order valence-electron chi connectivity index (χ2n) is 5.97. The molecule has 0 aromatic carbocycles. The Balaban J connectivity index is 1.53. The molecule has 0 unspecified atom stereocenters. The van der Waals surface area contributed by atoms with Crippen LogP contribution in [0.25, 0.3) is 0 Å². The van der Waals surface area contributed by atoms with Gasteiger partial charge in [0.25, 0.3) is 0 Å². The average Bonchev–Trinajstić information content (AvgIpc) is 3.03. The summed E-state index contributed by atoms with van der Waals surface area (Å²) in [5, 5.41) is 11.8. The van der Waals surface area contributed by atoms with E-state index in [2.05, 4.69) is 14.9 Å². The maximum atomic E-state index is 10.8. The van der Waals surface area contributed by atoms with E-state index in [4.69, 9.17) is 9.84 Å². The van der Waals surface area contributed by atoms with Crippen LogP contribution in [0.4, 0.5) is 0 Å². The zero-order valence-corrected chi connectivity index (χ0v) is 14.5. The van der Waals surface area contributed by atoms with E-state index in [1.807, 2.05) is 23.6 Å². The quantitative estimate of drug-likeness (QED) is 0.865. The molecule has 6 nitrogen and oxygen atoms in total. The van der Waals surface area contributed by atoms with E-state index in [9.17, 15) is 4.79 Å². The highest BCUT2D eigenvalue weighted by atomic mass is 32.1. The molecule has 1 aliphatic rings. The molecule has 3 heterocycles. The van der Waals surface area contributed by atoms with Gasteiger partial charge in [0, 0.05) is 23.9 Å². The SMILES string of the molecule is COc1cccc(CN2CCC(c3nc(CC(=O)O)cs3)CC2)n1. The first kappa shape index (κ1) is 16.9. The zero-order chi connectivity index (χ0) is 16.9. The lowest BCUT2D eigenvalue weighted by Crippen LogP contribution is -2.32. The summed E-state index contributed by atoms with van der Waals surface area (Å²) in [5.41, 5.74) is 1.69. The van der Waals surface area contributed by atoms with Crippen LogP contribution < -0.4 is 4.74 Å². The Hall–Kier alpha value is -1.99. The molecule has 2 aromatic heterocycles. The molecule has 0 amide bonds. The van der Waals surface area contributed by atoms with Gasteiger partial charge in [-0.15, -0.1) is 11.3 Å². The summed E-state index contributed by atoms with van der Waals surface area (Å²) in [4.78, 5) is 22.1. The van der Waals surface area contributed by atoms with Crippen LogP contribution in [0.5, 0.6) is 5.88 Å². The Labute approximate surface area is 145 Å². The summed E-state index contributed by atoms with van der Waals surface area (Å²) in [6.45, 7) is 2.82. The van der Waals surface area contributed by atoms with Gasteiger partial charge in [0.2, 0.25) is 5.88 Å². The van der Waals surface area contributed by atoms with Crippen molar-refractivity contribution >= 4 is 17.3 Å². The van der Waals surface area contributed by atoms with Gasteiger partial charge in [-0.05, 0) is 32.0 Å². The molecule has 0 radical (unpaired) electrons. The van der Waals surface area contributed by atoms with E-state index in [-0.39, 0.29) is 6.42 Å². The van der Waals surface area contributed by atoms with Crippen LogP contribution in [0.1, 0.15) is 35.2 Å². The Morgan fingerprint density at radius 3 is 2.83 bits per heavy atom. The molecule has 3 rings (SSSR count). The van der Waals surface area contributed by atoms with E-state index in [1.165, 1.54) is 0 Å². The summed E-state index contributed by atoms with van der Waals surface area (Å²) >= 11 is 1.59.